The third-order valence-electron chi connectivity index (χ3n) is 1.98. The summed E-state index contributed by atoms with van der Waals surface area (Å²) in [5.74, 6) is 0.626. The van der Waals surface area contributed by atoms with E-state index < -0.39 is 0 Å². The van der Waals surface area contributed by atoms with Crippen LogP contribution in [0.4, 0.5) is 0 Å². The molecule has 1 aromatic heterocycles. The van der Waals surface area contributed by atoms with Gasteiger partial charge in [-0.3, -0.25) is 4.98 Å². The van der Waals surface area contributed by atoms with Gasteiger partial charge in [-0.15, -0.1) is 0 Å². The molecular weight excluding hydrogens is 160 g/mol. The van der Waals surface area contributed by atoms with Crippen molar-refractivity contribution in [2.24, 2.45) is 0 Å². The Hall–Kier alpha value is -0.600. The molecule has 1 fully saturated rings. The fourth-order valence-corrected chi connectivity index (χ4v) is 1.36. The zero-order valence-electron chi connectivity index (χ0n) is 6.05. The second-order valence-corrected chi connectivity index (χ2v) is 3.23. The first kappa shape index (κ1) is 7.07. The van der Waals surface area contributed by atoms with Crippen LogP contribution in [0.15, 0.2) is 18.5 Å². The average molecular weight is 169 g/mol. The maximum absolute atomic E-state index is 5.79. The highest BCUT2D eigenvalue weighted by Crippen LogP contribution is 2.20. The SMILES string of the molecule is Clc1cncc(C2CNC2)c1. The topological polar surface area (TPSA) is 24.9 Å². The van der Waals surface area contributed by atoms with Gasteiger partial charge < -0.3 is 5.32 Å². The maximum atomic E-state index is 5.79. The fraction of sp³-hybridized carbons (Fsp3) is 0.375. The number of nitrogens with zero attached hydrogens (tertiary/aromatic N) is 1. The van der Waals surface area contributed by atoms with E-state index in [1.54, 1.807) is 6.20 Å². The van der Waals surface area contributed by atoms with Crippen LogP contribution in [0.3, 0.4) is 0 Å². The van der Waals surface area contributed by atoms with Gasteiger partial charge >= 0.3 is 0 Å². The molecule has 2 heterocycles. The van der Waals surface area contributed by atoms with Crippen molar-refractivity contribution >= 4 is 11.6 Å². The molecule has 0 atom stereocenters. The Bertz CT molecular complexity index is 258. The fourth-order valence-electron chi connectivity index (χ4n) is 1.18. The largest absolute Gasteiger partial charge is 0.315 e. The Morgan fingerprint density at radius 2 is 2.27 bits per heavy atom. The molecule has 1 aliphatic rings. The van der Waals surface area contributed by atoms with E-state index in [0.29, 0.717) is 5.92 Å². The van der Waals surface area contributed by atoms with Gasteiger partial charge in [0.2, 0.25) is 0 Å². The highest BCUT2D eigenvalue weighted by atomic mass is 35.5. The van der Waals surface area contributed by atoms with Crippen molar-refractivity contribution in [1.82, 2.24) is 10.3 Å². The number of aromatic nitrogens is 1. The van der Waals surface area contributed by atoms with Gasteiger partial charge in [0.1, 0.15) is 0 Å². The van der Waals surface area contributed by atoms with E-state index in [4.69, 9.17) is 11.6 Å². The van der Waals surface area contributed by atoms with Crippen LogP contribution in [-0.2, 0) is 0 Å². The normalized spacial score (nSPS) is 17.9. The summed E-state index contributed by atoms with van der Waals surface area (Å²) in [5, 5.41) is 3.94. The van der Waals surface area contributed by atoms with Crippen LogP contribution in [0.25, 0.3) is 0 Å². The van der Waals surface area contributed by atoms with E-state index in [1.165, 1.54) is 5.56 Å². The van der Waals surface area contributed by atoms with Gasteiger partial charge in [0.05, 0.1) is 5.02 Å². The lowest BCUT2D eigenvalue weighted by atomic mass is 9.95. The minimum absolute atomic E-state index is 0.626. The molecule has 1 aliphatic heterocycles. The van der Waals surface area contributed by atoms with Gasteiger partial charge in [-0.2, -0.15) is 0 Å². The molecule has 11 heavy (non-hydrogen) atoms. The quantitative estimate of drug-likeness (QED) is 0.686. The number of nitrogens with one attached hydrogen (secondary N) is 1. The van der Waals surface area contributed by atoms with E-state index in [2.05, 4.69) is 10.3 Å². The molecule has 1 aromatic rings. The molecule has 0 saturated carbocycles. The Morgan fingerprint density at radius 3 is 2.82 bits per heavy atom. The van der Waals surface area contributed by atoms with E-state index in [1.807, 2.05) is 12.3 Å². The lowest BCUT2D eigenvalue weighted by molar-refractivity contribution is 0.447. The minimum atomic E-state index is 0.626. The number of pyridine rings is 1. The first-order chi connectivity index (χ1) is 5.36. The second kappa shape index (κ2) is 2.80. The standard InChI is InChI=1S/C8H9ClN2/c9-8-1-6(2-11-5-8)7-3-10-4-7/h1-2,5,7,10H,3-4H2. The molecule has 0 unspecified atom stereocenters. The molecule has 0 bridgehead atoms. The third kappa shape index (κ3) is 1.37. The molecule has 2 rings (SSSR count). The zero-order valence-corrected chi connectivity index (χ0v) is 6.80. The van der Waals surface area contributed by atoms with Crippen molar-refractivity contribution in [3.63, 3.8) is 0 Å². The molecule has 1 N–H and O–H groups in total. The van der Waals surface area contributed by atoms with Gasteiger partial charge in [0.25, 0.3) is 0 Å². The number of hydrogen-bond acceptors (Lipinski definition) is 2. The first-order valence-electron chi connectivity index (χ1n) is 3.67. The predicted octanol–water partition coefficient (Wildman–Crippen LogP) is 1.42. The number of halogens is 1. The van der Waals surface area contributed by atoms with E-state index in [0.717, 1.165) is 18.1 Å². The summed E-state index contributed by atoms with van der Waals surface area (Å²) >= 11 is 5.79. The van der Waals surface area contributed by atoms with Crippen molar-refractivity contribution in [1.29, 1.82) is 0 Å². The van der Waals surface area contributed by atoms with Crippen LogP contribution in [-0.4, -0.2) is 18.1 Å². The summed E-state index contributed by atoms with van der Waals surface area (Å²) in [6.07, 6.45) is 3.55. The van der Waals surface area contributed by atoms with Crippen LogP contribution < -0.4 is 5.32 Å². The van der Waals surface area contributed by atoms with Crippen molar-refractivity contribution in [3.05, 3.63) is 29.0 Å². The average Bonchev–Trinajstić information content (AvgIpc) is 1.83. The molecule has 3 heteroatoms. The molecule has 0 radical (unpaired) electrons. The van der Waals surface area contributed by atoms with Crippen LogP contribution in [0, 0.1) is 0 Å². The van der Waals surface area contributed by atoms with Gasteiger partial charge in [0, 0.05) is 31.4 Å². The smallest absolute Gasteiger partial charge is 0.0592 e. The summed E-state index contributed by atoms with van der Waals surface area (Å²) in [4.78, 5) is 4.03. The first-order valence-corrected chi connectivity index (χ1v) is 4.05. The Balaban J connectivity index is 2.23. The Morgan fingerprint density at radius 1 is 1.45 bits per heavy atom. The summed E-state index contributed by atoms with van der Waals surface area (Å²) in [7, 11) is 0. The number of hydrogen-bond donors (Lipinski definition) is 1. The predicted molar refractivity (Wildman–Crippen MR) is 44.9 cm³/mol. The molecule has 0 aliphatic carbocycles. The summed E-state index contributed by atoms with van der Waals surface area (Å²) < 4.78 is 0. The lowest BCUT2D eigenvalue weighted by Gasteiger charge is -2.27. The summed E-state index contributed by atoms with van der Waals surface area (Å²) in [6, 6.07) is 1.99. The second-order valence-electron chi connectivity index (χ2n) is 2.79. The van der Waals surface area contributed by atoms with E-state index >= 15 is 0 Å². The van der Waals surface area contributed by atoms with Gasteiger partial charge in [-0.25, -0.2) is 0 Å². The van der Waals surface area contributed by atoms with Crippen LogP contribution in [0.1, 0.15) is 11.5 Å². The maximum Gasteiger partial charge on any atom is 0.0592 e. The van der Waals surface area contributed by atoms with Gasteiger partial charge in [0.15, 0.2) is 0 Å². The van der Waals surface area contributed by atoms with Crippen molar-refractivity contribution in [3.8, 4) is 0 Å². The van der Waals surface area contributed by atoms with E-state index in [-0.39, 0.29) is 0 Å². The highest BCUT2D eigenvalue weighted by Gasteiger charge is 2.18. The van der Waals surface area contributed by atoms with Crippen molar-refractivity contribution < 1.29 is 0 Å². The van der Waals surface area contributed by atoms with E-state index in [9.17, 15) is 0 Å². The molecule has 0 spiro atoms. The molecule has 58 valence electrons. The lowest BCUT2D eigenvalue weighted by Crippen LogP contribution is -2.39. The van der Waals surface area contributed by atoms with Crippen LogP contribution in [0.5, 0.6) is 0 Å². The minimum Gasteiger partial charge on any atom is -0.315 e. The van der Waals surface area contributed by atoms with Gasteiger partial charge in [-0.05, 0) is 11.6 Å². The summed E-state index contributed by atoms with van der Waals surface area (Å²) in [6.45, 7) is 2.12. The van der Waals surface area contributed by atoms with Gasteiger partial charge in [-0.1, -0.05) is 11.6 Å². The molecule has 2 nitrogen and oxygen atoms in total. The van der Waals surface area contributed by atoms with Crippen molar-refractivity contribution in [2.45, 2.75) is 5.92 Å². The molecule has 0 aromatic carbocycles. The Kier molecular flexibility index (Phi) is 1.80. The van der Waals surface area contributed by atoms with Crippen LogP contribution in [0.2, 0.25) is 5.02 Å². The third-order valence-corrected chi connectivity index (χ3v) is 2.19. The highest BCUT2D eigenvalue weighted by molar-refractivity contribution is 6.30. The molecular formula is C8H9ClN2. The monoisotopic (exact) mass is 168 g/mol. The van der Waals surface area contributed by atoms with Crippen molar-refractivity contribution in [2.75, 3.05) is 13.1 Å². The Labute approximate surface area is 70.6 Å². The molecule has 0 amide bonds. The molecule has 1 saturated heterocycles. The number of rotatable bonds is 1. The summed E-state index contributed by atoms with van der Waals surface area (Å²) in [5.41, 5.74) is 1.25. The van der Waals surface area contributed by atoms with Crippen LogP contribution >= 0.6 is 11.6 Å². The zero-order chi connectivity index (χ0) is 7.68.